The summed E-state index contributed by atoms with van der Waals surface area (Å²) in [6, 6.07) is 17.3. The molecule has 0 spiro atoms. The lowest BCUT2D eigenvalue weighted by Gasteiger charge is -2.13. The van der Waals surface area contributed by atoms with Crippen LogP contribution in [-0.4, -0.2) is 50.4 Å². The second-order valence-electron chi connectivity index (χ2n) is 12.5. The lowest BCUT2D eigenvalue weighted by Crippen LogP contribution is -2.26. The summed E-state index contributed by atoms with van der Waals surface area (Å²) in [6.45, 7) is 7.52. The van der Waals surface area contributed by atoms with Crippen molar-refractivity contribution < 1.29 is 9.59 Å². The van der Waals surface area contributed by atoms with E-state index in [9.17, 15) is 9.59 Å². The number of aromatic nitrogens is 4. The molecule has 10 nitrogen and oxygen atoms in total. The Labute approximate surface area is 294 Å². The fourth-order valence-corrected chi connectivity index (χ4v) is 7.69. The van der Waals surface area contributed by atoms with E-state index in [-0.39, 0.29) is 18.2 Å². The van der Waals surface area contributed by atoms with Crippen LogP contribution in [0, 0.1) is 20.8 Å². The summed E-state index contributed by atoms with van der Waals surface area (Å²) in [5, 5.41) is 20.0. The highest BCUT2D eigenvalue weighted by Crippen LogP contribution is 2.39. The summed E-state index contributed by atoms with van der Waals surface area (Å²) in [7, 11) is 0. The summed E-state index contributed by atoms with van der Waals surface area (Å²) in [6.07, 6.45) is 5.14. The zero-order valence-electron chi connectivity index (χ0n) is 27.6. The fraction of sp³-hybridized carbons (Fsp3) is 0.297. The summed E-state index contributed by atoms with van der Waals surface area (Å²) in [5.74, 6) is 2.21. The van der Waals surface area contributed by atoms with Crippen LogP contribution in [-0.2, 0) is 16.0 Å². The van der Waals surface area contributed by atoms with Gasteiger partial charge in [0.25, 0.3) is 0 Å². The smallest absolute Gasteiger partial charge is 0.228 e. The second kappa shape index (κ2) is 13.9. The topological polar surface area (TPSA) is 126 Å². The summed E-state index contributed by atoms with van der Waals surface area (Å²) in [5.41, 5.74) is 7.97. The third-order valence-electron chi connectivity index (χ3n) is 9.05. The third kappa shape index (κ3) is 6.86. The molecule has 250 valence electrons. The molecule has 3 N–H and O–H groups in total. The van der Waals surface area contributed by atoms with Gasteiger partial charge in [-0.25, -0.2) is 4.98 Å². The van der Waals surface area contributed by atoms with Crippen molar-refractivity contribution in [3.8, 4) is 16.1 Å². The highest BCUT2D eigenvalue weighted by atomic mass is 35.5. The molecule has 0 radical (unpaired) electrons. The molecule has 0 bridgehead atoms. The van der Waals surface area contributed by atoms with Crippen LogP contribution in [0.2, 0.25) is 5.02 Å². The molecule has 3 aromatic heterocycles. The Balaban J connectivity index is 0.938. The number of thiophene rings is 1. The Morgan fingerprint density at radius 1 is 0.980 bits per heavy atom. The predicted molar refractivity (Wildman–Crippen MR) is 195 cm³/mol. The van der Waals surface area contributed by atoms with Crippen LogP contribution in [0.4, 0.5) is 11.5 Å². The first-order valence-electron chi connectivity index (χ1n) is 16.5. The number of carbonyl (C=O) groups is 2. The Morgan fingerprint density at radius 2 is 1.76 bits per heavy atom. The summed E-state index contributed by atoms with van der Waals surface area (Å²) < 4.78 is 2.06. The number of halogens is 1. The van der Waals surface area contributed by atoms with Gasteiger partial charge in [0.1, 0.15) is 22.7 Å². The Bertz CT molecular complexity index is 2080. The number of pyridine rings is 1. The number of rotatable bonds is 11. The van der Waals surface area contributed by atoms with Crippen LogP contribution >= 0.6 is 22.9 Å². The lowest BCUT2D eigenvalue weighted by molar-refractivity contribution is -0.121. The minimum atomic E-state index is -0.491. The Morgan fingerprint density at radius 3 is 2.59 bits per heavy atom. The van der Waals surface area contributed by atoms with Gasteiger partial charge in [-0.15, -0.1) is 21.5 Å². The number of nitrogens with zero attached hydrogens (tertiary/aromatic N) is 5. The van der Waals surface area contributed by atoms with Crippen LogP contribution in [0.1, 0.15) is 70.5 Å². The average molecular weight is 693 g/mol. The van der Waals surface area contributed by atoms with Gasteiger partial charge >= 0.3 is 0 Å². The van der Waals surface area contributed by atoms with E-state index < -0.39 is 6.04 Å². The molecular formula is C37H37ClN8O2S. The Kier molecular flexibility index (Phi) is 9.29. The largest absolute Gasteiger partial charge is 0.370 e. The number of nitrogens with one attached hydrogen (secondary N) is 3. The average Bonchev–Trinajstić information content (AvgIpc) is 3.73. The SMILES string of the molecule is Cc1sc2c(c1C)C(c1ccc(Cl)cc1)=N[C@@H](CC(=O)NCCCCCNc1cc(-c3ccc4c(c3)NC(=O)C4)ccn1)c1nnc(C)n1-2. The van der Waals surface area contributed by atoms with E-state index in [1.807, 2.05) is 61.5 Å². The van der Waals surface area contributed by atoms with Gasteiger partial charge in [-0.2, -0.15) is 0 Å². The molecule has 49 heavy (non-hydrogen) atoms. The number of fused-ring (bicyclic) bond motifs is 4. The van der Waals surface area contributed by atoms with Gasteiger partial charge in [0.15, 0.2) is 5.82 Å². The van der Waals surface area contributed by atoms with Gasteiger partial charge in [-0.1, -0.05) is 35.9 Å². The molecule has 1 atom stereocenters. The van der Waals surface area contributed by atoms with Crippen molar-refractivity contribution in [1.29, 1.82) is 0 Å². The van der Waals surface area contributed by atoms with E-state index in [0.29, 0.717) is 23.8 Å². The van der Waals surface area contributed by atoms with Crippen molar-refractivity contribution in [2.24, 2.45) is 4.99 Å². The summed E-state index contributed by atoms with van der Waals surface area (Å²) in [4.78, 5) is 35.9. The molecule has 2 aliphatic rings. The molecule has 0 aliphatic carbocycles. The third-order valence-corrected chi connectivity index (χ3v) is 10.5. The Hall–Kier alpha value is -4.87. The van der Waals surface area contributed by atoms with E-state index in [1.54, 1.807) is 17.5 Å². The van der Waals surface area contributed by atoms with Crippen LogP contribution in [0.3, 0.4) is 0 Å². The minimum absolute atomic E-state index is 0.0319. The van der Waals surface area contributed by atoms with E-state index in [1.165, 1.54) is 4.88 Å². The van der Waals surface area contributed by atoms with Gasteiger partial charge in [0.2, 0.25) is 11.8 Å². The van der Waals surface area contributed by atoms with Gasteiger partial charge in [-0.3, -0.25) is 19.1 Å². The number of carbonyl (C=O) groups excluding carboxylic acids is 2. The quantitative estimate of drug-likeness (QED) is 0.126. The van der Waals surface area contributed by atoms with Crippen molar-refractivity contribution in [3.05, 3.63) is 105 Å². The number of aryl methyl sites for hydroxylation is 2. The maximum absolute atomic E-state index is 13.3. The molecule has 5 heterocycles. The number of amides is 2. The van der Waals surface area contributed by atoms with Gasteiger partial charge < -0.3 is 16.0 Å². The van der Waals surface area contributed by atoms with Gasteiger partial charge in [0.05, 0.1) is 18.6 Å². The van der Waals surface area contributed by atoms with Crippen LogP contribution in [0.15, 0.2) is 65.8 Å². The number of benzene rings is 2. The van der Waals surface area contributed by atoms with Crippen LogP contribution in [0.5, 0.6) is 0 Å². The maximum atomic E-state index is 13.3. The highest BCUT2D eigenvalue weighted by Gasteiger charge is 2.32. The predicted octanol–water partition coefficient (Wildman–Crippen LogP) is 7.14. The molecule has 12 heteroatoms. The molecular weight excluding hydrogens is 656 g/mol. The van der Waals surface area contributed by atoms with Crippen molar-refractivity contribution >= 4 is 52.0 Å². The monoisotopic (exact) mass is 692 g/mol. The minimum Gasteiger partial charge on any atom is -0.370 e. The molecule has 0 fully saturated rings. The molecule has 2 aromatic carbocycles. The second-order valence-corrected chi connectivity index (χ2v) is 14.1. The molecule has 2 amide bonds. The summed E-state index contributed by atoms with van der Waals surface area (Å²) >= 11 is 7.92. The molecule has 5 aromatic rings. The van der Waals surface area contributed by atoms with E-state index in [2.05, 4.69) is 49.5 Å². The van der Waals surface area contributed by atoms with Crippen molar-refractivity contribution in [2.45, 2.75) is 58.9 Å². The van der Waals surface area contributed by atoms with E-state index in [0.717, 1.165) is 87.2 Å². The van der Waals surface area contributed by atoms with Gasteiger partial charge in [-0.05, 0) is 92.6 Å². The standard InChI is InChI=1S/C37H37ClN8O2S/c1-21-22(2)49-37-34(21)35(24-9-11-28(38)12-10-24)43-30(36-45-44-23(3)46(36)37)20-32(47)41-15-6-4-5-14-39-31-18-26(13-16-40-31)25-7-8-27-19-33(48)42-29(27)17-25/h7-13,16-18,30H,4-6,14-15,19-20H2,1-3H3,(H,39,40)(H,41,47)(H,42,48)/t30-/m0/s1. The first kappa shape index (κ1) is 32.7. The first-order chi connectivity index (χ1) is 23.7. The lowest BCUT2D eigenvalue weighted by atomic mass is 9.99. The first-order valence-corrected chi connectivity index (χ1v) is 17.7. The zero-order chi connectivity index (χ0) is 34.1. The highest BCUT2D eigenvalue weighted by molar-refractivity contribution is 7.15. The van der Waals surface area contributed by atoms with Gasteiger partial charge in [0, 0.05) is 46.0 Å². The van der Waals surface area contributed by atoms with E-state index >= 15 is 0 Å². The van der Waals surface area contributed by atoms with Crippen molar-refractivity contribution in [3.63, 3.8) is 0 Å². The molecule has 0 saturated heterocycles. The maximum Gasteiger partial charge on any atom is 0.228 e. The van der Waals surface area contributed by atoms with E-state index in [4.69, 9.17) is 16.6 Å². The molecule has 0 unspecified atom stereocenters. The normalized spacial score (nSPS) is 14.7. The fourth-order valence-electron chi connectivity index (χ4n) is 6.35. The van der Waals surface area contributed by atoms with Crippen LogP contribution < -0.4 is 16.0 Å². The molecule has 7 rings (SSSR count). The number of hydrogen-bond acceptors (Lipinski definition) is 8. The van der Waals surface area contributed by atoms with Crippen LogP contribution in [0.25, 0.3) is 16.1 Å². The van der Waals surface area contributed by atoms with Crippen molar-refractivity contribution in [1.82, 2.24) is 25.1 Å². The number of anilines is 2. The van der Waals surface area contributed by atoms with Crippen molar-refractivity contribution in [2.75, 3.05) is 23.7 Å². The number of aliphatic imine (C=N–C) groups is 1. The number of unbranched alkanes of at least 4 members (excludes halogenated alkanes) is 2. The molecule has 2 aliphatic heterocycles. The molecule has 0 saturated carbocycles. The zero-order valence-corrected chi connectivity index (χ0v) is 29.2. The number of hydrogen-bond donors (Lipinski definition) is 3.